The maximum Gasteiger partial charge on any atom is 0.446 e. The van der Waals surface area contributed by atoms with Gasteiger partial charge in [-0.1, -0.05) is 0 Å². The van der Waals surface area contributed by atoms with Crippen LogP contribution in [0.2, 0.25) is 0 Å². The Morgan fingerprint density at radius 1 is 1.03 bits per heavy atom. The molecule has 1 aromatic carbocycles. The summed E-state index contributed by atoms with van der Waals surface area (Å²) in [7, 11) is 0. The molecule has 2 aromatic heterocycles. The number of amides is 3. The van der Waals surface area contributed by atoms with Gasteiger partial charge in [-0.2, -0.15) is 13.2 Å². The summed E-state index contributed by atoms with van der Waals surface area (Å²) in [5, 5.41) is 3.22. The Hall–Kier alpha value is -3.60. The Morgan fingerprint density at radius 2 is 1.72 bits per heavy atom. The fourth-order valence-electron chi connectivity index (χ4n) is 3.91. The van der Waals surface area contributed by atoms with Crippen molar-refractivity contribution in [2.24, 2.45) is 0 Å². The largest absolute Gasteiger partial charge is 0.446 e. The van der Waals surface area contributed by atoms with Gasteiger partial charge in [-0.25, -0.2) is 14.7 Å². The minimum atomic E-state index is -4.42. The molecule has 0 saturated carbocycles. The van der Waals surface area contributed by atoms with E-state index in [0.717, 1.165) is 27.5 Å². The third-order valence-electron chi connectivity index (χ3n) is 5.80. The molecule has 3 aromatic rings. The van der Waals surface area contributed by atoms with Gasteiger partial charge >= 0.3 is 11.5 Å². The minimum absolute atomic E-state index is 0.0303. The number of urea groups is 1. The third-order valence-corrected chi connectivity index (χ3v) is 6.54. The van der Waals surface area contributed by atoms with E-state index in [2.05, 4.69) is 15.3 Å². The van der Waals surface area contributed by atoms with E-state index in [9.17, 15) is 22.8 Å². The van der Waals surface area contributed by atoms with Gasteiger partial charge in [-0.05, 0) is 93.6 Å². The number of carbonyl (C=O) groups is 2. The minimum Gasteiger partial charge on any atom is -0.339 e. The van der Waals surface area contributed by atoms with Crippen LogP contribution in [0.1, 0.15) is 30.8 Å². The van der Waals surface area contributed by atoms with Crippen LogP contribution in [0.4, 0.5) is 35.2 Å². The molecular formula is C25H24F3N5O2S. The Labute approximate surface area is 210 Å². The number of aromatic nitrogens is 2. The zero-order valence-corrected chi connectivity index (χ0v) is 20.9. The summed E-state index contributed by atoms with van der Waals surface area (Å²) in [6.07, 6.45) is 1.61. The van der Waals surface area contributed by atoms with Crippen LogP contribution >= 0.6 is 11.8 Å². The second-order valence-electron chi connectivity index (χ2n) is 8.87. The molecule has 36 heavy (non-hydrogen) atoms. The number of pyridine rings is 2. The average molecular weight is 516 g/mol. The van der Waals surface area contributed by atoms with E-state index in [-0.39, 0.29) is 28.9 Å². The second-order valence-corrected chi connectivity index (χ2v) is 10.0. The highest BCUT2D eigenvalue weighted by Crippen LogP contribution is 2.39. The molecular weight excluding hydrogens is 491 g/mol. The Morgan fingerprint density at radius 3 is 2.36 bits per heavy atom. The van der Waals surface area contributed by atoms with Crippen LogP contribution in [0.3, 0.4) is 0 Å². The summed E-state index contributed by atoms with van der Waals surface area (Å²) >= 11 is -0.256. The normalized spacial score (nSPS) is 15.5. The predicted molar refractivity (Wildman–Crippen MR) is 132 cm³/mol. The van der Waals surface area contributed by atoms with E-state index in [4.69, 9.17) is 0 Å². The molecule has 0 unspecified atom stereocenters. The molecule has 3 heterocycles. The number of thioether (sulfide) groups is 1. The van der Waals surface area contributed by atoms with Crippen molar-refractivity contribution in [1.29, 1.82) is 0 Å². The van der Waals surface area contributed by atoms with E-state index in [1.165, 1.54) is 29.2 Å². The topological polar surface area (TPSA) is 78.4 Å². The van der Waals surface area contributed by atoms with Gasteiger partial charge in [0, 0.05) is 23.3 Å². The Kier molecular flexibility index (Phi) is 6.70. The SMILES string of the molecule is Cc1ccc(Nc2cc(CN3C(=O)N(c4ccc(SC(F)(F)F)cc4)C(=O)C3(C)C)ccn2)c(C)n1. The molecule has 1 fully saturated rings. The van der Waals surface area contributed by atoms with Gasteiger partial charge in [0.15, 0.2) is 0 Å². The monoisotopic (exact) mass is 515 g/mol. The van der Waals surface area contributed by atoms with Crippen molar-refractivity contribution in [3.05, 3.63) is 71.7 Å². The molecule has 1 aliphatic heterocycles. The maximum atomic E-state index is 13.3. The number of hydrogen-bond acceptors (Lipinski definition) is 6. The lowest BCUT2D eigenvalue weighted by Gasteiger charge is -2.27. The summed E-state index contributed by atoms with van der Waals surface area (Å²) in [4.78, 5) is 37.7. The summed E-state index contributed by atoms with van der Waals surface area (Å²) in [5.41, 5.74) is -2.10. The van der Waals surface area contributed by atoms with Gasteiger partial charge < -0.3 is 10.2 Å². The predicted octanol–water partition coefficient (Wildman–Crippen LogP) is 6.20. The third kappa shape index (κ3) is 5.30. The van der Waals surface area contributed by atoms with E-state index < -0.39 is 23.0 Å². The van der Waals surface area contributed by atoms with Gasteiger partial charge in [0.1, 0.15) is 11.4 Å². The lowest BCUT2D eigenvalue weighted by Crippen LogP contribution is -2.43. The van der Waals surface area contributed by atoms with Crippen LogP contribution in [0, 0.1) is 13.8 Å². The van der Waals surface area contributed by atoms with E-state index in [1.54, 1.807) is 32.2 Å². The summed E-state index contributed by atoms with van der Waals surface area (Å²) in [5.74, 6) is 0.101. The van der Waals surface area contributed by atoms with Crippen molar-refractivity contribution in [3.63, 3.8) is 0 Å². The smallest absolute Gasteiger partial charge is 0.339 e. The number of halogens is 3. The zero-order chi connectivity index (χ0) is 26.3. The number of rotatable bonds is 6. The number of nitrogens with zero attached hydrogens (tertiary/aromatic N) is 4. The standard InChI is InChI=1S/C25H24F3N5O2S/c1-15-5-10-20(16(2)30-15)31-21-13-17(11-12-29-21)14-32-23(35)33(22(34)24(32,3)4)18-6-8-19(9-7-18)36-25(26,27)28/h5-13H,14H2,1-4H3,(H,29,31). The highest BCUT2D eigenvalue weighted by atomic mass is 32.2. The first-order valence-electron chi connectivity index (χ1n) is 11.0. The van der Waals surface area contributed by atoms with E-state index in [0.29, 0.717) is 5.82 Å². The first-order chi connectivity index (χ1) is 16.8. The van der Waals surface area contributed by atoms with Crippen molar-refractivity contribution in [1.82, 2.24) is 14.9 Å². The van der Waals surface area contributed by atoms with Gasteiger partial charge in [-0.3, -0.25) is 9.78 Å². The van der Waals surface area contributed by atoms with Crippen molar-refractivity contribution < 1.29 is 22.8 Å². The number of anilines is 3. The van der Waals surface area contributed by atoms with Crippen LogP contribution in [-0.4, -0.2) is 37.9 Å². The second kappa shape index (κ2) is 9.45. The van der Waals surface area contributed by atoms with Crippen molar-refractivity contribution in [2.45, 2.75) is 50.2 Å². The molecule has 3 amide bonds. The highest BCUT2D eigenvalue weighted by Gasteiger charge is 2.51. The number of alkyl halides is 3. The molecule has 11 heteroatoms. The molecule has 0 atom stereocenters. The van der Waals surface area contributed by atoms with Crippen molar-refractivity contribution >= 4 is 40.9 Å². The highest BCUT2D eigenvalue weighted by molar-refractivity contribution is 8.00. The lowest BCUT2D eigenvalue weighted by molar-refractivity contribution is -0.123. The molecule has 1 saturated heterocycles. The molecule has 0 aliphatic carbocycles. The molecule has 188 valence electrons. The zero-order valence-electron chi connectivity index (χ0n) is 20.1. The quantitative estimate of drug-likeness (QED) is 0.311. The molecule has 1 N–H and O–H groups in total. The fraction of sp³-hybridized carbons (Fsp3) is 0.280. The Bertz CT molecular complexity index is 1310. The van der Waals surface area contributed by atoms with Crippen LogP contribution in [-0.2, 0) is 11.3 Å². The van der Waals surface area contributed by atoms with Gasteiger partial charge in [-0.15, -0.1) is 0 Å². The van der Waals surface area contributed by atoms with Gasteiger partial charge in [0.05, 0.1) is 17.1 Å². The number of benzene rings is 1. The number of carbonyl (C=O) groups excluding carboxylic acids is 2. The van der Waals surface area contributed by atoms with Crippen LogP contribution in [0.15, 0.2) is 59.6 Å². The van der Waals surface area contributed by atoms with E-state index in [1.807, 2.05) is 26.0 Å². The molecule has 0 radical (unpaired) electrons. The fourth-order valence-corrected chi connectivity index (χ4v) is 4.45. The lowest BCUT2D eigenvalue weighted by atomic mass is 10.0. The van der Waals surface area contributed by atoms with Gasteiger partial charge in [0.2, 0.25) is 0 Å². The number of aryl methyl sites for hydroxylation is 2. The molecule has 4 rings (SSSR count). The van der Waals surface area contributed by atoms with Crippen LogP contribution < -0.4 is 10.2 Å². The van der Waals surface area contributed by atoms with Crippen LogP contribution in [0.5, 0.6) is 0 Å². The van der Waals surface area contributed by atoms with E-state index >= 15 is 0 Å². The van der Waals surface area contributed by atoms with Crippen molar-refractivity contribution in [3.8, 4) is 0 Å². The first kappa shape index (κ1) is 25.5. The van der Waals surface area contributed by atoms with Gasteiger partial charge in [0.25, 0.3) is 5.91 Å². The first-order valence-corrected chi connectivity index (χ1v) is 11.8. The summed E-state index contributed by atoms with van der Waals surface area (Å²) in [6, 6.07) is 12.0. The molecule has 0 spiro atoms. The number of nitrogens with one attached hydrogen (secondary N) is 1. The summed E-state index contributed by atoms with van der Waals surface area (Å²) in [6.45, 7) is 7.22. The molecule has 0 bridgehead atoms. The maximum absolute atomic E-state index is 13.3. The number of imide groups is 1. The molecule has 7 nitrogen and oxygen atoms in total. The number of hydrogen-bond donors (Lipinski definition) is 1. The average Bonchev–Trinajstić information content (AvgIpc) is 2.95. The van der Waals surface area contributed by atoms with Crippen LogP contribution in [0.25, 0.3) is 0 Å². The van der Waals surface area contributed by atoms with Crippen molar-refractivity contribution in [2.75, 3.05) is 10.2 Å². The molecule has 1 aliphatic rings. The summed E-state index contributed by atoms with van der Waals surface area (Å²) < 4.78 is 37.9. The Balaban J connectivity index is 1.54.